The first-order valence-corrected chi connectivity index (χ1v) is 7.58. The van der Waals surface area contributed by atoms with E-state index >= 15 is 0 Å². The Hall–Kier alpha value is -1.33. The number of rotatable bonds is 3. The van der Waals surface area contributed by atoms with E-state index in [4.69, 9.17) is 10.5 Å². The summed E-state index contributed by atoms with van der Waals surface area (Å²) in [5.41, 5.74) is 6.82. The van der Waals surface area contributed by atoms with E-state index in [0.29, 0.717) is 5.82 Å². The summed E-state index contributed by atoms with van der Waals surface area (Å²) in [4.78, 5) is 9.17. The Balaban J connectivity index is 1.47. The van der Waals surface area contributed by atoms with E-state index in [9.17, 15) is 0 Å². The highest BCUT2D eigenvalue weighted by Crippen LogP contribution is 2.19. The SMILES string of the molecule is Nc1ccc(N2CCN(CC3CCOCC3)CC2)cn1. The first-order chi connectivity index (χ1) is 9.81. The molecule has 2 aliphatic rings. The van der Waals surface area contributed by atoms with Gasteiger partial charge in [-0.15, -0.1) is 0 Å². The lowest BCUT2D eigenvalue weighted by Gasteiger charge is -2.38. The van der Waals surface area contributed by atoms with Crippen molar-refractivity contribution < 1.29 is 4.74 Å². The minimum Gasteiger partial charge on any atom is -0.384 e. The molecular weight excluding hydrogens is 252 g/mol. The minimum atomic E-state index is 0.590. The normalized spacial score (nSPS) is 22.1. The van der Waals surface area contributed by atoms with Crippen LogP contribution < -0.4 is 10.6 Å². The number of hydrogen-bond donors (Lipinski definition) is 1. The van der Waals surface area contributed by atoms with E-state index in [1.165, 1.54) is 25.1 Å². The number of nitrogens with zero attached hydrogens (tertiary/aromatic N) is 3. The van der Waals surface area contributed by atoms with Gasteiger partial charge in [-0.05, 0) is 30.9 Å². The number of anilines is 2. The Labute approximate surface area is 120 Å². The van der Waals surface area contributed by atoms with Crippen molar-refractivity contribution in [2.24, 2.45) is 5.92 Å². The lowest BCUT2D eigenvalue weighted by Crippen LogP contribution is -2.48. The maximum absolute atomic E-state index is 5.63. The Kier molecular flexibility index (Phi) is 4.38. The quantitative estimate of drug-likeness (QED) is 0.899. The topological polar surface area (TPSA) is 54.6 Å². The zero-order chi connectivity index (χ0) is 13.8. The van der Waals surface area contributed by atoms with Crippen molar-refractivity contribution in [2.75, 3.05) is 56.6 Å². The largest absolute Gasteiger partial charge is 0.384 e. The van der Waals surface area contributed by atoms with Gasteiger partial charge in [0.2, 0.25) is 0 Å². The number of hydrogen-bond acceptors (Lipinski definition) is 5. The molecule has 1 aromatic heterocycles. The second-order valence-corrected chi connectivity index (χ2v) is 5.78. The maximum atomic E-state index is 5.63. The summed E-state index contributed by atoms with van der Waals surface area (Å²) in [5, 5.41) is 0. The molecule has 0 amide bonds. The van der Waals surface area contributed by atoms with Crippen molar-refractivity contribution in [3.8, 4) is 0 Å². The van der Waals surface area contributed by atoms with Gasteiger partial charge >= 0.3 is 0 Å². The molecule has 0 unspecified atom stereocenters. The third kappa shape index (κ3) is 3.41. The Morgan fingerprint density at radius 2 is 1.90 bits per heavy atom. The molecule has 110 valence electrons. The van der Waals surface area contributed by atoms with Crippen LogP contribution in [-0.4, -0.2) is 55.8 Å². The second-order valence-electron chi connectivity index (χ2n) is 5.78. The summed E-state index contributed by atoms with van der Waals surface area (Å²) in [6.07, 6.45) is 4.33. The van der Waals surface area contributed by atoms with E-state index in [0.717, 1.165) is 45.3 Å². The van der Waals surface area contributed by atoms with Gasteiger partial charge in [-0.3, -0.25) is 4.90 Å². The highest BCUT2D eigenvalue weighted by Gasteiger charge is 2.21. The van der Waals surface area contributed by atoms with Crippen molar-refractivity contribution in [1.29, 1.82) is 0 Å². The van der Waals surface area contributed by atoms with E-state index in [-0.39, 0.29) is 0 Å². The summed E-state index contributed by atoms with van der Waals surface area (Å²) < 4.78 is 5.43. The molecule has 2 saturated heterocycles. The summed E-state index contributed by atoms with van der Waals surface area (Å²) in [7, 11) is 0. The van der Waals surface area contributed by atoms with Gasteiger partial charge in [0.25, 0.3) is 0 Å². The average Bonchev–Trinajstić information content (AvgIpc) is 2.50. The van der Waals surface area contributed by atoms with Gasteiger partial charge in [-0.2, -0.15) is 0 Å². The zero-order valence-electron chi connectivity index (χ0n) is 12.0. The smallest absolute Gasteiger partial charge is 0.123 e. The van der Waals surface area contributed by atoms with Crippen LogP contribution >= 0.6 is 0 Å². The standard InChI is InChI=1S/C15H24N4O/c16-15-2-1-14(11-17-15)19-7-5-18(6-8-19)12-13-3-9-20-10-4-13/h1-2,11,13H,3-10,12H2,(H2,16,17). The third-order valence-electron chi connectivity index (χ3n) is 4.37. The van der Waals surface area contributed by atoms with Gasteiger partial charge in [0.1, 0.15) is 5.82 Å². The molecule has 5 heteroatoms. The minimum absolute atomic E-state index is 0.590. The molecule has 0 aliphatic carbocycles. The van der Waals surface area contributed by atoms with E-state index < -0.39 is 0 Å². The molecule has 2 aliphatic heterocycles. The lowest BCUT2D eigenvalue weighted by atomic mass is 9.99. The van der Waals surface area contributed by atoms with Crippen LogP contribution in [0.25, 0.3) is 0 Å². The van der Waals surface area contributed by atoms with Crippen LogP contribution in [0.15, 0.2) is 18.3 Å². The van der Waals surface area contributed by atoms with Crippen molar-refractivity contribution >= 4 is 11.5 Å². The number of piperazine rings is 1. The fourth-order valence-corrected chi connectivity index (χ4v) is 3.07. The molecule has 0 radical (unpaired) electrons. The number of nitrogen functional groups attached to an aromatic ring is 1. The van der Waals surface area contributed by atoms with Crippen LogP contribution in [-0.2, 0) is 4.74 Å². The molecule has 1 aromatic rings. The van der Waals surface area contributed by atoms with E-state index in [1.54, 1.807) is 0 Å². The third-order valence-corrected chi connectivity index (χ3v) is 4.37. The molecule has 3 rings (SSSR count). The van der Waals surface area contributed by atoms with Crippen molar-refractivity contribution in [3.63, 3.8) is 0 Å². The molecule has 2 N–H and O–H groups in total. The van der Waals surface area contributed by atoms with Gasteiger partial charge in [0.15, 0.2) is 0 Å². The molecule has 0 spiro atoms. The fraction of sp³-hybridized carbons (Fsp3) is 0.667. The molecule has 5 nitrogen and oxygen atoms in total. The summed E-state index contributed by atoms with van der Waals surface area (Å²) >= 11 is 0. The number of pyridine rings is 1. The molecule has 0 atom stereocenters. The highest BCUT2D eigenvalue weighted by molar-refractivity contribution is 5.48. The van der Waals surface area contributed by atoms with Gasteiger partial charge in [-0.25, -0.2) is 4.98 Å². The van der Waals surface area contributed by atoms with Crippen LogP contribution in [0.4, 0.5) is 11.5 Å². The van der Waals surface area contributed by atoms with Crippen LogP contribution in [0.2, 0.25) is 0 Å². The van der Waals surface area contributed by atoms with Crippen molar-refractivity contribution in [3.05, 3.63) is 18.3 Å². The van der Waals surface area contributed by atoms with Crippen molar-refractivity contribution in [2.45, 2.75) is 12.8 Å². The number of ether oxygens (including phenoxy) is 1. The molecule has 0 bridgehead atoms. The van der Waals surface area contributed by atoms with Gasteiger partial charge in [0, 0.05) is 45.9 Å². The average molecular weight is 276 g/mol. The fourth-order valence-electron chi connectivity index (χ4n) is 3.07. The molecule has 20 heavy (non-hydrogen) atoms. The Bertz CT molecular complexity index is 408. The van der Waals surface area contributed by atoms with Gasteiger partial charge < -0.3 is 15.4 Å². The molecular formula is C15H24N4O. The van der Waals surface area contributed by atoms with E-state index in [2.05, 4.69) is 20.9 Å². The Morgan fingerprint density at radius 3 is 2.55 bits per heavy atom. The molecule has 0 aromatic carbocycles. The van der Waals surface area contributed by atoms with Crippen LogP contribution in [0.3, 0.4) is 0 Å². The molecule has 2 fully saturated rings. The molecule has 0 saturated carbocycles. The second kappa shape index (κ2) is 6.41. The summed E-state index contributed by atoms with van der Waals surface area (Å²) in [5.74, 6) is 1.42. The lowest BCUT2D eigenvalue weighted by molar-refractivity contribution is 0.0517. The highest BCUT2D eigenvalue weighted by atomic mass is 16.5. The summed E-state index contributed by atoms with van der Waals surface area (Å²) in [6.45, 7) is 7.56. The molecule has 3 heterocycles. The Morgan fingerprint density at radius 1 is 1.15 bits per heavy atom. The monoisotopic (exact) mass is 276 g/mol. The van der Waals surface area contributed by atoms with E-state index in [1.807, 2.05) is 12.3 Å². The van der Waals surface area contributed by atoms with Crippen molar-refractivity contribution in [1.82, 2.24) is 9.88 Å². The predicted molar refractivity (Wildman–Crippen MR) is 80.8 cm³/mol. The summed E-state index contributed by atoms with van der Waals surface area (Å²) in [6, 6.07) is 3.94. The van der Waals surface area contributed by atoms with Gasteiger partial charge in [0.05, 0.1) is 11.9 Å². The van der Waals surface area contributed by atoms with Crippen LogP contribution in [0, 0.1) is 5.92 Å². The van der Waals surface area contributed by atoms with Crippen LogP contribution in [0.5, 0.6) is 0 Å². The van der Waals surface area contributed by atoms with Gasteiger partial charge in [-0.1, -0.05) is 0 Å². The first kappa shape index (κ1) is 13.6. The van der Waals surface area contributed by atoms with Crippen LogP contribution in [0.1, 0.15) is 12.8 Å². The maximum Gasteiger partial charge on any atom is 0.123 e. The number of aromatic nitrogens is 1. The number of nitrogens with two attached hydrogens (primary N) is 1. The first-order valence-electron chi connectivity index (χ1n) is 7.58. The zero-order valence-corrected chi connectivity index (χ0v) is 12.0. The predicted octanol–water partition coefficient (Wildman–Crippen LogP) is 1.21.